The lowest BCUT2D eigenvalue weighted by atomic mass is 10.0. The zero-order valence-corrected chi connectivity index (χ0v) is 17.9. The first-order valence-corrected chi connectivity index (χ1v) is 10.3. The topological polar surface area (TPSA) is 117 Å². The van der Waals surface area contributed by atoms with Crippen molar-refractivity contribution in [3.05, 3.63) is 63.7 Å². The van der Waals surface area contributed by atoms with Gasteiger partial charge in [0.15, 0.2) is 10.9 Å². The van der Waals surface area contributed by atoms with Gasteiger partial charge in [0.25, 0.3) is 5.56 Å². The summed E-state index contributed by atoms with van der Waals surface area (Å²) in [6, 6.07) is 9.17. The Morgan fingerprint density at radius 1 is 1.13 bits per heavy atom. The molecule has 2 amide bonds. The van der Waals surface area contributed by atoms with E-state index in [0.29, 0.717) is 16.9 Å². The molecule has 0 aliphatic carbocycles. The highest BCUT2D eigenvalue weighted by molar-refractivity contribution is 7.99. The predicted octanol–water partition coefficient (Wildman–Crippen LogP) is 3.28. The van der Waals surface area contributed by atoms with Gasteiger partial charge in [0.2, 0.25) is 11.8 Å². The van der Waals surface area contributed by atoms with Gasteiger partial charge < -0.3 is 10.6 Å². The summed E-state index contributed by atoms with van der Waals surface area (Å²) in [5.74, 6) is -1.17. The molecule has 2 aromatic carbocycles. The van der Waals surface area contributed by atoms with Crippen molar-refractivity contribution in [2.24, 2.45) is 0 Å². The summed E-state index contributed by atoms with van der Waals surface area (Å²) in [6.07, 6.45) is 0. The molecule has 1 aromatic heterocycles. The summed E-state index contributed by atoms with van der Waals surface area (Å²) in [7, 11) is 0. The Kier molecular flexibility index (Phi) is 6.81. The average Bonchev–Trinajstić information content (AvgIpc) is 2.68. The number of halogens is 1. The van der Waals surface area contributed by atoms with E-state index in [1.54, 1.807) is 12.1 Å². The summed E-state index contributed by atoms with van der Waals surface area (Å²) >= 11 is 0.986. The van der Waals surface area contributed by atoms with Gasteiger partial charge >= 0.3 is 0 Å². The third-order valence-corrected chi connectivity index (χ3v) is 5.02. The van der Waals surface area contributed by atoms with Crippen molar-refractivity contribution in [1.82, 2.24) is 15.2 Å². The van der Waals surface area contributed by atoms with Crippen molar-refractivity contribution < 1.29 is 14.0 Å². The molecule has 3 aromatic rings. The average molecular weight is 441 g/mol. The summed E-state index contributed by atoms with van der Waals surface area (Å²) < 4.78 is 13.2. The van der Waals surface area contributed by atoms with Crippen molar-refractivity contribution in [1.29, 1.82) is 0 Å². The number of nitrogens with one attached hydrogen (secondary N) is 3. The first-order valence-electron chi connectivity index (χ1n) is 9.27. The van der Waals surface area contributed by atoms with Crippen molar-refractivity contribution in [3.8, 4) is 11.3 Å². The SMILES string of the molecule is CC(=O)Nc1c(C)cc(C)cc1-c1nnc(SCC(=O)Nc2cccc(F)c2)[nH]c1=O. The second kappa shape index (κ2) is 9.52. The first kappa shape index (κ1) is 22.2. The highest BCUT2D eigenvalue weighted by Gasteiger charge is 2.16. The molecule has 0 spiro atoms. The molecule has 0 fully saturated rings. The molecule has 0 radical (unpaired) electrons. The molecule has 0 aliphatic rings. The van der Waals surface area contributed by atoms with Gasteiger partial charge in [0.1, 0.15) is 5.82 Å². The largest absolute Gasteiger partial charge is 0.325 e. The van der Waals surface area contributed by atoms with Crippen LogP contribution in [0.1, 0.15) is 18.1 Å². The van der Waals surface area contributed by atoms with Gasteiger partial charge in [-0.05, 0) is 43.7 Å². The van der Waals surface area contributed by atoms with Crippen LogP contribution < -0.4 is 16.2 Å². The number of H-pyrrole nitrogens is 1. The lowest BCUT2D eigenvalue weighted by Gasteiger charge is -2.13. The monoisotopic (exact) mass is 441 g/mol. The Hall–Kier alpha value is -3.53. The zero-order chi connectivity index (χ0) is 22.5. The molecule has 1 heterocycles. The van der Waals surface area contributed by atoms with Crippen molar-refractivity contribution in [2.45, 2.75) is 25.9 Å². The normalized spacial score (nSPS) is 10.6. The van der Waals surface area contributed by atoms with Crippen molar-refractivity contribution in [3.63, 3.8) is 0 Å². The van der Waals surface area contributed by atoms with E-state index in [0.717, 1.165) is 22.9 Å². The molecule has 160 valence electrons. The van der Waals surface area contributed by atoms with E-state index >= 15 is 0 Å². The number of aromatic amines is 1. The van der Waals surface area contributed by atoms with Crippen LogP contribution in [0.5, 0.6) is 0 Å². The minimum absolute atomic E-state index is 0.0544. The number of hydrogen-bond donors (Lipinski definition) is 3. The van der Waals surface area contributed by atoms with E-state index in [4.69, 9.17) is 0 Å². The molecule has 10 heteroatoms. The number of amides is 2. The zero-order valence-electron chi connectivity index (χ0n) is 17.1. The maximum atomic E-state index is 13.2. The molecule has 0 atom stereocenters. The van der Waals surface area contributed by atoms with Crippen molar-refractivity contribution >= 4 is 35.0 Å². The van der Waals surface area contributed by atoms with Crippen LogP contribution in [0.25, 0.3) is 11.3 Å². The van der Waals surface area contributed by atoms with Crippen LogP contribution in [0.3, 0.4) is 0 Å². The minimum atomic E-state index is -0.500. The summed E-state index contributed by atoms with van der Waals surface area (Å²) in [5, 5.41) is 13.5. The molecular weight excluding hydrogens is 421 g/mol. The van der Waals surface area contributed by atoms with E-state index in [1.165, 1.54) is 25.1 Å². The Morgan fingerprint density at radius 3 is 2.58 bits per heavy atom. The molecule has 0 aliphatic heterocycles. The molecule has 8 nitrogen and oxygen atoms in total. The lowest BCUT2D eigenvalue weighted by Crippen LogP contribution is -2.18. The fourth-order valence-electron chi connectivity index (χ4n) is 2.96. The van der Waals surface area contributed by atoms with Crippen LogP contribution in [0.15, 0.2) is 46.3 Å². The number of nitrogens with zero attached hydrogens (tertiary/aromatic N) is 2. The number of aromatic nitrogens is 3. The smallest absolute Gasteiger partial charge is 0.278 e. The minimum Gasteiger partial charge on any atom is -0.325 e. The predicted molar refractivity (Wildman–Crippen MR) is 118 cm³/mol. The van der Waals surface area contributed by atoms with Gasteiger partial charge in [-0.1, -0.05) is 29.5 Å². The fourth-order valence-corrected chi connectivity index (χ4v) is 3.56. The van der Waals surface area contributed by atoms with Gasteiger partial charge in [0, 0.05) is 18.2 Å². The first-order chi connectivity index (χ1) is 14.7. The summed E-state index contributed by atoms with van der Waals surface area (Å²) in [4.78, 5) is 38.9. The van der Waals surface area contributed by atoms with Crippen LogP contribution in [0, 0.1) is 19.7 Å². The Bertz CT molecular complexity index is 1210. The Labute approximate surface area is 181 Å². The van der Waals surface area contributed by atoms with E-state index < -0.39 is 11.4 Å². The number of rotatable bonds is 6. The molecule has 0 saturated heterocycles. The number of anilines is 2. The third-order valence-electron chi connectivity index (χ3n) is 4.16. The second-order valence-corrected chi connectivity index (χ2v) is 7.80. The summed E-state index contributed by atoms with van der Waals surface area (Å²) in [6.45, 7) is 5.08. The third kappa shape index (κ3) is 5.76. The lowest BCUT2D eigenvalue weighted by molar-refractivity contribution is -0.114. The maximum absolute atomic E-state index is 13.2. The fraction of sp³-hybridized carbons (Fsp3) is 0.190. The van der Waals surface area contributed by atoms with Gasteiger partial charge in [-0.25, -0.2) is 4.39 Å². The molecule has 0 saturated carbocycles. The van der Waals surface area contributed by atoms with E-state index in [9.17, 15) is 18.8 Å². The van der Waals surface area contributed by atoms with E-state index in [-0.39, 0.29) is 28.4 Å². The molecule has 31 heavy (non-hydrogen) atoms. The van der Waals surface area contributed by atoms with Gasteiger partial charge in [0.05, 0.1) is 11.4 Å². The van der Waals surface area contributed by atoms with E-state index in [2.05, 4.69) is 25.8 Å². The van der Waals surface area contributed by atoms with E-state index in [1.807, 2.05) is 19.9 Å². The highest BCUT2D eigenvalue weighted by atomic mass is 32.2. The standard InChI is InChI=1S/C21H20FN5O3S/c1-11-7-12(2)18(23-13(3)28)16(8-11)19-20(30)25-21(27-26-19)31-10-17(29)24-15-6-4-5-14(22)9-15/h4-9H,10H2,1-3H3,(H,23,28)(H,24,29)(H,25,27,30). The summed E-state index contributed by atoms with van der Waals surface area (Å²) in [5.41, 5.74) is 2.54. The number of aryl methyl sites for hydroxylation is 2. The molecule has 0 bridgehead atoms. The van der Waals surface area contributed by atoms with Crippen LogP contribution in [-0.4, -0.2) is 32.7 Å². The number of carbonyl (C=O) groups excluding carboxylic acids is 2. The quantitative estimate of drug-likeness (QED) is 0.506. The molecule has 0 unspecified atom stereocenters. The van der Waals surface area contributed by atoms with Gasteiger partial charge in [-0.2, -0.15) is 0 Å². The second-order valence-electron chi connectivity index (χ2n) is 6.84. The van der Waals surface area contributed by atoms with Crippen LogP contribution >= 0.6 is 11.8 Å². The number of hydrogen-bond acceptors (Lipinski definition) is 6. The number of benzene rings is 2. The van der Waals surface area contributed by atoms with Crippen LogP contribution in [-0.2, 0) is 9.59 Å². The van der Waals surface area contributed by atoms with Gasteiger partial charge in [-0.3, -0.25) is 19.4 Å². The Morgan fingerprint density at radius 2 is 1.90 bits per heavy atom. The van der Waals surface area contributed by atoms with Crippen molar-refractivity contribution in [2.75, 3.05) is 16.4 Å². The van der Waals surface area contributed by atoms with Crippen LogP contribution in [0.2, 0.25) is 0 Å². The number of thioether (sulfide) groups is 1. The molecule has 3 N–H and O–H groups in total. The van der Waals surface area contributed by atoms with Crippen LogP contribution in [0.4, 0.5) is 15.8 Å². The maximum Gasteiger partial charge on any atom is 0.278 e. The van der Waals surface area contributed by atoms with Gasteiger partial charge in [-0.15, -0.1) is 10.2 Å². The Balaban J connectivity index is 1.77. The highest BCUT2D eigenvalue weighted by Crippen LogP contribution is 2.29. The number of carbonyl (C=O) groups is 2. The molecular formula is C21H20FN5O3S. The molecule has 3 rings (SSSR count).